The van der Waals surface area contributed by atoms with Crippen LogP contribution in [-0.2, 0) is 9.53 Å². The molecule has 0 unspecified atom stereocenters. The summed E-state index contributed by atoms with van der Waals surface area (Å²) < 4.78 is 19.6. The van der Waals surface area contributed by atoms with Crippen LogP contribution >= 0.6 is 0 Å². The normalized spacial score (nSPS) is 24.2. The van der Waals surface area contributed by atoms with E-state index in [1.54, 1.807) is 17.0 Å². The molecule has 3 fully saturated rings. The van der Waals surface area contributed by atoms with Crippen molar-refractivity contribution in [3.05, 3.63) is 35.6 Å². The van der Waals surface area contributed by atoms with Gasteiger partial charge in [0.15, 0.2) is 0 Å². The molecule has 2 atom stereocenters. The molecule has 1 N–H and O–H groups in total. The lowest BCUT2D eigenvalue weighted by molar-refractivity contribution is -0.129. The Hall–Kier alpha value is -1.99. The highest BCUT2D eigenvalue weighted by atomic mass is 19.1. The maximum Gasteiger partial charge on any atom is 0.256 e. The van der Waals surface area contributed by atoms with Crippen molar-refractivity contribution in [3.63, 3.8) is 0 Å². The molecular formula is C23H32FN3O3. The second-order valence-electron chi connectivity index (χ2n) is 8.68. The van der Waals surface area contributed by atoms with E-state index < -0.39 is 5.82 Å². The molecule has 0 spiro atoms. The van der Waals surface area contributed by atoms with E-state index in [2.05, 4.69) is 10.2 Å². The molecule has 1 aliphatic carbocycles. The van der Waals surface area contributed by atoms with Crippen LogP contribution in [0.3, 0.4) is 0 Å². The van der Waals surface area contributed by atoms with Gasteiger partial charge in [0.05, 0.1) is 17.7 Å². The predicted molar refractivity (Wildman–Crippen MR) is 112 cm³/mol. The number of amides is 2. The van der Waals surface area contributed by atoms with Crippen molar-refractivity contribution in [3.8, 4) is 0 Å². The Morgan fingerprint density at radius 2 is 1.80 bits per heavy atom. The number of hydrogen-bond donors (Lipinski definition) is 1. The first-order valence-corrected chi connectivity index (χ1v) is 11.3. The molecule has 2 amide bonds. The molecule has 4 rings (SSSR count). The van der Waals surface area contributed by atoms with E-state index in [0.717, 1.165) is 32.3 Å². The fraction of sp³-hybridized carbons (Fsp3) is 0.652. The van der Waals surface area contributed by atoms with E-state index in [4.69, 9.17) is 4.74 Å². The van der Waals surface area contributed by atoms with Gasteiger partial charge >= 0.3 is 0 Å². The smallest absolute Gasteiger partial charge is 0.256 e. The number of nitrogens with one attached hydrogen (secondary N) is 1. The van der Waals surface area contributed by atoms with E-state index in [1.165, 1.54) is 25.0 Å². The van der Waals surface area contributed by atoms with Crippen LogP contribution in [-0.4, -0.2) is 73.1 Å². The summed E-state index contributed by atoms with van der Waals surface area (Å²) in [6.45, 7) is 3.65. The van der Waals surface area contributed by atoms with Gasteiger partial charge in [0.2, 0.25) is 5.91 Å². The van der Waals surface area contributed by atoms with E-state index in [9.17, 15) is 14.0 Å². The van der Waals surface area contributed by atoms with Crippen molar-refractivity contribution in [2.24, 2.45) is 5.92 Å². The number of benzene rings is 1. The van der Waals surface area contributed by atoms with Crippen LogP contribution in [0.1, 0.15) is 48.9 Å². The van der Waals surface area contributed by atoms with E-state index in [1.807, 2.05) is 0 Å². The summed E-state index contributed by atoms with van der Waals surface area (Å²) in [7, 11) is 0. The van der Waals surface area contributed by atoms with Crippen LogP contribution in [0, 0.1) is 11.7 Å². The fourth-order valence-corrected chi connectivity index (χ4v) is 5.08. The first-order valence-electron chi connectivity index (χ1n) is 11.3. The number of carbonyl (C=O) groups excluding carboxylic acids is 2. The molecular weight excluding hydrogens is 385 g/mol. The summed E-state index contributed by atoms with van der Waals surface area (Å²) in [6.07, 6.45) is 6.69. The highest BCUT2D eigenvalue weighted by Gasteiger charge is 2.37. The van der Waals surface area contributed by atoms with Gasteiger partial charge in [0, 0.05) is 39.3 Å². The van der Waals surface area contributed by atoms with Crippen LogP contribution in [0.25, 0.3) is 0 Å². The molecule has 1 saturated carbocycles. The number of halogens is 1. The van der Waals surface area contributed by atoms with Crippen molar-refractivity contribution in [1.82, 2.24) is 15.1 Å². The lowest BCUT2D eigenvalue weighted by Gasteiger charge is -2.41. The van der Waals surface area contributed by atoms with Gasteiger partial charge in [-0.1, -0.05) is 25.0 Å². The molecule has 2 heterocycles. The third-order valence-corrected chi connectivity index (χ3v) is 6.74. The predicted octanol–water partition coefficient (Wildman–Crippen LogP) is 2.44. The molecule has 3 aliphatic rings. The molecule has 7 heteroatoms. The quantitative estimate of drug-likeness (QED) is 0.772. The van der Waals surface area contributed by atoms with Crippen LogP contribution in [0.4, 0.5) is 4.39 Å². The first-order chi connectivity index (χ1) is 14.6. The van der Waals surface area contributed by atoms with Crippen LogP contribution in [0.2, 0.25) is 0 Å². The Balaban J connectivity index is 1.37. The number of carbonyl (C=O) groups is 2. The second-order valence-corrected chi connectivity index (χ2v) is 8.68. The van der Waals surface area contributed by atoms with Gasteiger partial charge in [0.25, 0.3) is 5.91 Å². The van der Waals surface area contributed by atoms with Gasteiger partial charge in [-0.05, 0) is 43.7 Å². The second kappa shape index (κ2) is 9.88. The first kappa shape index (κ1) is 21.2. The van der Waals surface area contributed by atoms with Gasteiger partial charge in [0.1, 0.15) is 5.82 Å². The summed E-state index contributed by atoms with van der Waals surface area (Å²) in [6, 6.07) is 5.97. The Bertz CT molecular complexity index is 739. The molecule has 2 aliphatic heterocycles. The number of piperazine rings is 1. The topological polar surface area (TPSA) is 61.9 Å². The average molecular weight is 418 g/mol. The van der Waals surface area contributed by atoms with Gasteiger partial charge in [-0.2, -0.15) is 0 Å². The molecule has 1 aromatic carbocycles. The largest absolute Gasteiger partial charge is 0.376 e. The van der Waals surface area contributed by atoms with Gasteiger partial charge < -0.3 is 15.0 Å². The van der Waals surface area contributed by atoms with E-state index in [-0.39, 0.29) is 29.5 Å². The highest BCUT2D eigenvalue weighted by molar-refractivity contribution is 5.94. The Labute approximate surface area is 177 Å². The Morgan fingerprint density at radius 3 is 2.47 bits per heavy atom. The Morgan fingerprint density at radius 1 is 1.07 bits per heavy atom. The number of rotatable bonds is 6. The molecule has 0 bridgehead atoms. The minimum absolute atomic E-state index is 0.0891. The standard InChI is InChI=1S/C23H32FN3O3/c24-20-10-4-3-9-19(20)23(29)27-13-11-26(12-14-27)21(17-6-1-2-7-17)22(28)25-16-18-8-5-15-30-18/h3-4,9-10,17-18,21H,1-2,5-8,11-16H2,(H,25,28)/t18-,21-/m0/s1. The summed E-state index contributed by atoms with van der Waals surface area (Å²) >= 11 is 0. The lowest BCUT2D eigenvalue weighted by atomic mass is 9.94. The summed E-state index contributed by atoms with van der Waals surface area (Å²) in [5, 5.41) is 3.13. The highest BCUT2D eigenvalue weighted by Crippen LogP contribution is 2.31. The van der Waals surface area contributed by atoms with E-state index >= 15 is 0 Å². The third kappa shape index (κ3) is 4.83. The Kier molecular flexibility index (Phi) is 7.00. The lowest BCUT2D eigenvalue weighted by Crippen LogP contribution is -2.58. The fourth-order valence-electron chi connectivity index (χ4n) is 5.08. The van der Waals surface area contributed by atoms with Gasteiger partial charge in [-0.25, -0.2) is 4.39 Å². The molecule has 2 saturated heterocycles. The van der Waals surface area contributed by atoms with Crippen molar-refractivity contribution >= 4 is 11.8 Å². The number of hydrogen-bond acceptors (Lipinski definition) is 4. The van der Waals surface area contributed by atoms with Crippen molar-refractivity contribution in [1.29, 1.82) is 0 Å². The minimum Gasteiger partial charge on any atom is -0.376 e. The minimum atomic E-state index is -0.484. The van der Waals surface area contributed by atoms with Crippen LogP contribution < -0.4 is 5.32 Å². The van der Waals surface area contributed by atoms with Crippen LogP contribution in [0.5, 0.6) is 0 Å². The van der Waals surface area contributed by atoms with Crippen molar-refractivity contribution in [2.45, 2.75) is 50.7 Å². The van der Waals surface area contributed by atoms with E-state index in [0.29, 0.717) is 38.6 Å². The summed E-state index contributed by atoms with van der Waals surface area (Å²) in [5.74, 6) is -0.301. The SMILES string of the molecule is O=C(NC[C@@H]1CCCO1)[C@H](C1CCCC1)N1CCN(C(=O)c2ccccc2F)CC1. The van der Waals surface area contributed by atoms with Crippen molar-refractivity contribution < 1.29 is 18.7 Å². The maximum atomic E-state index is 14.0. The zero-order chi connectivity index (χ0) is 20.9. The zero-order valence-electron chi connectivity index (χ0n) is 17.5. The molecule has 30 heavy (non-hydrogen) atoms. The number of nitrogens with zero attached hydrogens (tertiary/aromatic N) is 2. The van der Waals surface area contributed by atoms with Gasteiger partial charge in [-0.3, -0.25) is 14.5 Å². The third-order valence-electron chi connectivity index (χ3n) is 6.74. The molecule has 6 nitrogen and oxygen atoms in total. The molecule has 0 radical (unpaired) electrons. The van der Waals surface area contributed by atoms with Crippen molar-refractivity contribution in [2.75, 3.05) is 39.3 Å². The maximum absolute atomic E-state index is 14.0. The summed E-state index contributed by atoms with van der Waals surface area (Å²) in [4.78, 5) is 29.8. The average Bonchev–Trinajstić information content (AvgIpc) is 3.47. The monoisotopic (exact) mass is 417 g/mol. The molecule has 164 valence electrons. The van der Waals surface area contributed by atoms with Crippen LogP contribution in [0.15, 0.2) is 24.3 Å². The zero-order valence-corrected chi connectivity index (χ0v) is 17.5. The molecule has 1 aromatic rings. The molecule has 0 aromatic heterocycles. The summed E-state index contributed by atoms with van der Waals surface area (Å²) in [5.41, 5.74) is 0.118. The number of ether oxygens (including phenoxy) is 1. The van der Waals surface area contributed by atoms with Gasteiger partial charge in [-0.15, -0.1) is 0 Å².